The average molecular weight is 511 g/mol. The highest BCUT2D eigenvalue weighted by Crippen LogP contribution is 2.51. The van der Waals surface area contributed by atoms with Crippen molar-refractivity contribution in [1.29, 1.82) is 0 Å². The first-order valence-corrected chi connectivity index (χ1v) is 13.2. The summed E-state index contributed by atoms with van der Waals surface area (Å²) in [6.07, 6.45) is 6.96. The number of nitrogens with two attached hydrogens (primary N) is 1. The van der Waals surface area contributed by atoms with E-state index in [4.69, 9.17) is 5.73 Å². The van der Waals surface area contributed by atoms with E-state index in [0.29, 0.717) is 12.3 Å². The number of aliphatic hydroxyl groups is 1. The summed E-state index contributed by atoms with van der Waals surface area (Å²) in [6, 6.07) is 2.24. The molecule has 9 nitrogen and oxygen atoms in total. The van der Waals surface area contributed by atoms with E-state index in [2.05, 4.69) is 0 Å². The molecule has 0 radical (unpaired) electrons. The second-order valence-electron chi connectivity index (χ2n) is 11.6. The van der Waals surface area contributed by atoms with Gasteiger partial charge in [-0.05, 0) is 62.4 Å². The van der Waals surface area contributed by atoms with Gasteiger partial charge >= 0.3 is 0 Å². The fraction of sp³-hybridized carbons (Fsp3) is 0.607. The number of hydrogen-bond acceptors (Lipinski definition) is 8. The topological polar surface area (TPSA) is 155 Å². The summed E-state index contributed by atoms with van der Waals surface area (Å²) < 4.78 is 0. The number of ketones is 4. The third-order valence-electron chi connectivity index (χ3n) is 9.28. The highest BCUT2D eigenvalue weighted by Gasteiger charge is 2.69. The van der Waals surface area contributed by atoms with Gasteiger partial charge in [-0.1, -0.05) is 38.2 Å². The summed E-state index contributed by atoms with van der Waals surface area (Å²) in [5, 5.41) is 22.3. The van der Waals surface area contributed by atoms with Crippen LogP contribution in [0.3, 0.4) is 0 Å². The van der Waals surface area contributed by atoms with Gasteiger partial charge < -0.3 is 15.9 Å². The smallest absolute Gasteiger partial charge is 0.235 e. The summed E-state index contributed by atoms with van der Waals surface area (Å²) >= 11 is 0. The van der Waals surface area contributed by atoms with Crippen molar-refractivity contribution < 1.29 is 34.2 Å². The first-order valence-electron chi connectivity index (χ1n) is 13.2. The zero-order valence-electron chi connectivity index (χ0n) is 21.2. The van der Waals surface area contributed by atoms with Crippen LogP contribution in [0.15, 0.2) is 12.1 Å². The predicted octanol–water partition coefficient (Wildman–Crippen LogP) is 0.990. The van der Waals surface area contributed by atoms with Gasteiger partial charge in [-0.3, -0.25) is 28.9 Å². The number of rotatable bonds is 4. The van der Waals surface area contributed by atoms with Crippen molar-refractivity contribution in [2.45, 2.75) is 63.0 Å². The summed E-state index contributed by atoms with van der Waals surface area (Å²) in [5.74, 6) is -9.53. The van der Waals surface area contributed by atoms with Crippen LogP contribution in [0.5, 0.6) is 5.75 Å². The lowest BCUT2D eigenvalue weighted by Gasteiger charge is -2.52. The van der Waals surface area contributed by atoms with Gasteiger partial charge in [-0.25, -0.2) is 0 Å². The molecule has 0 spiro atoms. The van der Waals surface area contributed by atoms with E-state index in [1.165, 1.54) is 30.2 Å². The van der Waals surface area contributed by atoms with Crippen LogP contribution < -0.4 is 5.73 Å². The molecule has 1 aromatic carbocycles. The van der Waals surface area contributed by atoms with Gasteiger partial charge in [0.1, 0.15) is 5.75 Å². The number of nitrogens with zero attached hydrogens (tertiary/aromatic N) is 1. The van der Waals surface area contributed by atoms with Crippen LogP contribution in [0.4, 0.5) is 0 Å². The van der Waals surface area contributed by atoms with Crippen molar-refractivity contribution >= 4 is 29.0 Å². The lowest BCUT2D eigenvalue weighted by Crippen LogP contribution is -2.74. The highest BCUT2D eigenvalue weighted by molar-refractivity contribution is 6.32. The third-order valence-corrected chi connectivity index (χ3v) is 9.28. The molecule has 5 rings (SSSR count). The monoisotopic (exact) mass is 510 g/mol. The van der Waals surface area contributed by atoms with E-state index in [1.807, 2.05) is 6.07 Å². The Morgan fingerprint density at radius 2 is 1.76 bits per heavy atom. The number of hydrogen-bond donors (Lipinski definition) is 3. The van der Waals surface area contributed by atoms with Gasteiger partial charge in [-0.2, -0.15) is 0 Å². The number of fused-ring (bicyclic) bond motifs is 3. The average Bonchev–Trinajstić information content (AvgIpc) is 2.83. The lowest BCUT2D eigenvalue weighted by molar-refractivity contribution is -0.181. The molecule has 198 valence electrons. The van der Waals surface area contributed by atoms with Crippen LogP contribution in [-0.4, -0.2) is 69.9 Å². The Balaban J connectivity index is 1.58. The van der Waals surface area contributed by atoms with E-state index < -0.39 is 64.4 Å². The van der Waals surface area contributed by atoms with Gasteiger partial charge in [-0.15, -0.1) is 0 Å². The number of carbonyl (C=O) groups excluding carboxylic acids is 5. The fourth-order valence-electron chi connectivity index (χ4n) is 7.56. The number of primary amides is 1. The maximum atomic E-state index is 13.8. The molecule has 3 fully saturated rings. The summed E-state index contributed by atoms with van der Waals surface area (Å²) in [4.78, 5) is 67.7. The maximum absolute atomic E-state index is 13.8. The molecule has 0 aliphatic heterocycles. The lowest BCUT2D eigenvalue weighted by atomic mass is 9.52. The predicted molar refractivity (Wildman–Crippen MR) is 132 cm³/mol. The maximum Gasteiger partial charge on any atom is 0.235 e. The Morgan fingerprint density at radius 1 is 1.08 bits per heavy atom. The molecule has 2 unspecified atom stereocenters. The molecule has 37 heavy (non-hydrogen) atoms. The molecule has 0 bridgehead atoms. The van der Waals surface area contributed by atoms with E-state index in [0.717, 1.165) is 30.4 Å². The van der Waals surface area contributed by atoms with Crippen molar-refractivity contribution in [2.75, 3.05) is 14.1 Å². The molecular formula is C28H34N2O7. The molecule has 4 aliphatic carbocycles. The highest BCUT2D eigenvalue weighted by atomic mass is 16.3. The summed E-state index contributed by atoms with van der Waals surface area (Å²) in [6.45, 7) is 0. The van der Waals surface area contributed by atoms with Crippen LogP contribution in [0.1, 0.15) is 60.0 Å². The molecule has 0 saturated heterocycles. The number of phenols is 1. The van der Waals surface area contributed by atoms with Gasteiger partial charge in [0.25, 0.3) is 0 Å². The van der Waals surface area contributed by atoms with E-state index in [-0.39, 0.29) is 17.7 Å². The van der Waals surface area contributed by atoms with Crippen molar-refractivity contribution in [3.8, 4) is 5.75 Å². The minimum absolute atomic E-state index is 0.0718. The number of carbonyl (C=O) groups is 5. The molecule has 9 heteroatoms. The molecule has 4 aliphatic rings. The standard InChI is InChI=1S/C28H34N2O7/c1-30(2)22-17-12-15-11-16-14(10-13-6-4-3-5-7-13)8-9-18(31)20(16)23(32)19(15)25(34)28(17,37)26(35)21(24(22)33)27(29)36/h8-9,13,15,17,19,21-22,31,37H,3-7,10-12H2,1-2H3,(H2,29,36)/t15-,17-,19?,21?,22-,28-/m1/s1. The zero-order valence-corrected chi connectivity index (χ0v) is 21.2. The van der Waals surface area contributed by atoms with Crippen molar-refractivity contribution in [3.63, 3.8) is 0 Å². The Hall–Kier alpha value is -2.91. The largest absolute Gasteiger partial charge is 0.507 e. The number of benzene rings is 1. The van der Waals surface area contributed by atoms with Gasteiger partial charge in [0.15, 0.2) is 34.7 Å². The van der Waals surface area contributed by atoms with E-state index in [1.54, 1.807) is 14.1 Å². The SMILES string of the molecule is CN(C)[C@H]1C(=O)C(C(N)=O)C(=O)[C@]2(O)C(=O)C3C(=O)c4c(O)ccc(CC5CCCCC5)c4C[C@@H]3C[C@H]12. The van der Waals surface area contributed by atoms with Crippen LogP contribution in [-0.2, 0) is 32.0 Å². The van der Waals surface area contributed by atoms with Crippen molar-refractivity contribution in [1.82, 2.24) is 4.90 Å². The molecule has 6 atom stereocenters. The van der Waals surface area contributed by atoms with Crippen LogP contribution >= 0.6 is 0 Å². The first-order chi connectivity index (χ1) is 17.5. The number of Topliss-reactive ketones (excluding diaryl/α,β-unsaturated/α-hetero) is 4. The molecule has 1 aromatic rings. The van der Waals surface area contributed by atoms with Gasteiger partial charge in [0, 0.05) is 5.92 Å². The van der Waals surface area contributed by atoms with E-state index in [9.17, 15) is 34.2 Å². The third kappa shape index (κ3) is 3.77. The number of amides is 1. The first kappa shape index (κ1) is 25.7. The molecule has 1 amide bonds. The van der Waals surface area contributed by atoms with Gasteiger partial charge in [0.05, 0.1) is 17.5 Å². The molecule has 0 heterocycles. The Labute approximate surface area is 215 Å². The minimum Gasteiger partial charge on any atom is -0.507 e. The Bertz CT molecular complexity index is 1200. The summed E-state index contributed by atoms with van der Waals surface area (Å²) in [7, 11) is 3.16. The minimum atomic E-state index is -2.69. The second kappa shape index (κ2) is 9.13. The Morgan fingerprint density at radius 3 is 2.38 bits per heavy atom. The molecule has 4 N–H and O–H groups in total. The van der Waals surface area contributed by atoms with Crippen molar-refractivity contribution in [2.24, 2.45) is 35.3 Å². The van der Waals surface area contributed by atoms with Crippen molar-refractivity contribution in [3.05, 3.63) is 28.8 Å². The molecular weight excluding hydrogens is 476 g/mol. The molecule has 3 saturated carbocycles. The van der Waals surface area contributed by atoms with Crippen LogP contribution in [0.2, 0.25) is 0 Å². The summed E-state index contributed by atoms with van der Waals surface area (Å²) in [5.41, 5.74) is 4.45. The van der Waals surface area contributed by atoms with Gasteiger partial charge in [0.2, 0.25) is 5.91 Å². The second-order valence-corrected chi connectivity index (χ2v) is 11.6. The van der Waals surface area contributed by atoms with Crippen LogP contribution in [0, 0.1) is 29.6 Å². The number of aromatic hydroxyl groups is 1. The molecule has 0 aromatic heterocycles. The zero-order chi connectivity index (χ0) is 26.8. The van der Waals surface area contributed by atoms with E-state index >= 15 is 0 Å². The number of phenolic OH excluding ortho intramolecular Hbond substituents is 1. The quantitative estimate of drug-likeness (QED) is 0.507. The normalized spacial score (nSPS) is 34.2. The Kier molecular flexibility index (Phi) is 6.35. The fourth-order valence-corrected chi connectivity index (χ4v) is 7.56. The van der Waals surface area contributed by atoms with Crippen LogP contribution in [0.25, 0.3) is 0 Å². The number of likely N-dealkylation sites (N-methyl/N-ethyl adjacent to an activating group) is 1.